The van der Waals surface area contributed by atoms with E-state index in [2.05, 4.69) is 12.2 Å². The first-order chi connectivity index (χ1) is 7.68. The number of halogens is 1. The minimum absolute atomic E-state index is 0.226. The monoisotopic (exact) mass is 257 g/mol. The van der Waals surface area contributed by atoms with Gasteiger partial charge in [0.15, 0.2) is 5.78 Å². The van der Waals surface area contributed by atoms with Crippen LogP contribution in [-0.2, 0) is 0 Å². The van der Waals surface area contributed by atoms with E-state index in [0.717, 1.165) is 37.1 Å². The van der Waals surface area contributed by atoms with Gasteiger partial charge in [-0.1, -0.05) is 24.9 Å². The molecule has 0 radical (unpaired) electrons. The van der Waals surface area contributed by atoms with E-state index in [4.69, 9.17) is 11.6 Å². The predicted octanol–water partition coefficient (Wildman–Crippen LogP) is 3.51. The van der Waals surface area contributed by atoms with Crippen LogP contribution in [0.25, 0.3) is 0 Å². The zero-order valence-electron chi connectivity index (χ0n) is 9.38. The highest BCUT2D eigenvalue weighted by Gasteiger charge is 2.40. The summed E-state index contributed by atoms with van der Waals surface area (Å²) in [7, 11) is 0. The Balaban J connectivity index is 2.23. The van der Waals surface area contributed by atoms with Crippen molar-refractivity contribution in [2.75, 3.05) is 6.54 Å². The van der Waals surface area contributed by atoms with Gasteiger partial charge in [-0.3, -0.25) is 4.79 Å². The third kappa shape index (κ3) is 2.17. The van der Waals surface area contributed by atoms with Gasteiger partial charge in [0.2, 0.25) is 0 Å². The number of carbonyl (C=O) groups excluding carboxylic acids is 1. The molecule has 0 saturated carbocycles. The Hall–Kier alpha value is -0.380. The Bertz CT molecular complexity index is 382. The van der Waals surface area contributed by atoms with Crippen LogP contribution in [0.2, 0.25) is 4.34 Å². The first-order valence-corrected chi connectivity index (χ1v) is 6.92. The number of hydrogen-bond acceptors (Lipinski definition) is 3. The van der Waals surface area contributed by atoms with Gasteiger partial charge in [0.1, 0.15) is 0 Å². The number of rotatable bonds is 4. The van der Waals surface area contributed by atoms with Gasteiger partial charge in [-0.15, -0.1) is 11.3 Å². The SMILES string of the molecule is CCCC1(C(=O)c2ccc(Cl)s2)CCCN1. The van der Waals surface area contributed by atoms with E-state index in [1.54, 1.807) is 6.07 Å². The molecule has 0 amide bonds. The lowest BCUT2D eigenvalue weighted by Crippen LogP contribution is -2.47. The van der Waals surface area contributed by atoms with Gasteiger partial charge < -0.3 is 5.32 Å². The lowest BCUT2D eigenvalue weighted by atomic mass is 9.86. The highest BCUT2D eigenvalue weighted by Crippen LogP contribution is 2.32. The van der Waals surface area contributed by atoms with Crippen LogP contribution in [0.1, 0.15) is 42.3 Å². The zero-order valence-corrected chi connectivity index (χ0v) is 11.0. The Morgan fingerprint density at radius 3 is 2.94 bits per heavy atom. The lowest BCUT2D eigenvalue weighted by molar-refractivity contribution is 0.0862. The molecule has 1 fully saturated rings. The molecule has 1 aromatic heterocycles. The molecular formula is C12H16ClNOS. The standard InChI is InChI=1S/C12H16ClNOS/c1-2-6-12(7-3-8-14-12)11(15)9-4-5-10(13)16-9/h4-5,14H,2-3,6-8H2,1H3. The van der Waals surface area contributed by atoms with Crippen LogP contribution in [0.3, 0.4) is 0 Å². The van der Waals surface area contributed by atoms with Gasteiger partial charge in [0.25, 0.3) is 0 Å². The number of ketones is 1. The molecule has 1 saturated heterocycles. The van der Waals surface area contributed by atoms with Gasteiger partial charge in [0.05, 0.1) is 14.8 Å². The minimum Gasteiger partial charge on any atom is -0.305 e. The van der Waals surface area contributed by atoms with E-state index >= 15 is 0 Å². The first-order valence-electron chi connectivity index (χ1n) is 5.73. The number of carbonyl (C=O) groups is 1. The minimum atomic E-state index is -0.317. The van der Waals surface area contributed by atoms with Crippen LogP contribution in [0, 0.1) is 0 Å². The largest absolute Gasteiger partial charge is 0.305 e. The summed E-state index contributed by atoms with van der Waals surface area (Å²) in [6, 6.07) is 3.64. The van der Waals surface area contributed by atoms with Crippen molar-refractivity contribution in [2.45, 2.75) is 38.1 Å². The fourth-order valence-electron chi connectivity index (χ4n) is 2.43. The molecule has 4 heteroatoms. The van der Waals surface area contributed by atoms with E-state index in [-0.39, 0.29) is 11.3 Å². The molecule has 0 aromatic carbocycles. The molecule has 2 rings (SSSR count). The van der Waals surface area contributed by atoms with Crippen LogP contribution >= 0.6 is 22.9 Å². The molecule has 88 valence electrons. The van der Waals surface area contributed by atoms with E-state index in [1.807, 2.05) is 6.07 Å². The zero-order chi connectivity index (χ0) is 11.6. The maximum Gasteiger partial charge on any atom is 0.192 e. The molecule has 2 nitrogen and oxygen atoms in total. The number of thiophene rings is 1. The van der Waals surface area contributed by atoms with Crippen LogP contribution in [0.5, 0.6) is 0 Å². The summed E-state index contributed by atoms with van der Waals surface area (Å²) >= 11 is 7.26. The van der Waals surface area contributed by atoms with Crippen LogP contribution in [0.4, 0.5) is 0 Å². The molecular weight excluding hydrogens is 242 g/mol. The summed E-state index contributed by atoms with van der Waals surface area (Å²) in [6.45, 7) is 3.07. The molecule has 1 aliphatic heterocycles. The van der Waals surface area contributed by atoms with Gasteiger partial charge in [-0.25, -0.2) is 0 Å². The average molecular weight is 258 g/mol. The third-order valence-electron chi connectivity index (χ3n) is 3.15. The fourth-order valence-corrected chi connectivity index (χ4v) is 3.51. The maximum atomic E-state index is 12.5. The van der Waals surface area contributed by atoms with Gasteiger partial charge in [-0.2, -0.15) is 0 Å². The third-order valence-corrected chi connectivity index (χ3v) is 4.38. The van der Waals surface area contributed by atoms with Gasteiger partial charge in [0, 0.05) is 0 Å². The summed E-state index contributed by atoms with van der Waals surface area (Å²) in [5.74, 6) is 0.226. The highest BCUT2D eigenvalue weighted by atomic mass is 35.5. The van der Waals surface area contributed by atoms with Gasteiger partial charge >= 0.3 is 0 Å². The predicted molar refractivity (Wildman–Crippen MR) is 68.5 cm³/mol. The summed E-state index contributed by atoms with van der Waals surface area (Å²) in [4.78, 5) is 13.2. The molecule has 1 N–H and O–H groups in total. The normalized spacial score (nSPS) is 24.9. The van der Waals surface area contributed by atoms with Crippen molar-refractivity contribution in [3.63, 3.8) is 0 Å². The molecule has 1 unspecified atom stereocenters. The molecule has 2 heterocycles. The Morgan fingerprint density at radius 1 is 1.62 bits per heavy atom. The molecule has 1 aliphatic rings. The second-order valence-electron chi connectivity index (χ2n) is 4.30. The lowest BCUT2D eigenvalue weighted by Gasteiger charge is -2.26. The van der Waals surface area contributed by atoms with Crippen molar-refractivity contribution in [1.82, 2.24) is 5.32 Å². The molecule has 0 bridgehead atoms. The second-order valence-corrected chi connectivity index (χ2v) is 6.01. The summed E-state index contributed by atoms with van der Waals surface area (Å²) in [5.41, 5.74) is -0.317. The number of hydrogen-bond donors (Lipinski definition) is 1. The van der Waals surface area contributed by atoms with E-state index in [1.165, 1.54) is 11.3 Å². The molecule has 0 aliphatic carbocycles. The van der Waals surface area contributed by atoms with Crippen LogP contribution in [0.15, 0.2) is 12.1 Å². The van der Waals surface area contributed by atoms with E-state index in [9.17, 15) is 4.79 Å². The summed E-state index contributed by atoms with van der Waals surface area (Å²) < 4.78 is 0.688. The van der Waals surface area contributed by atoms with Crippen molar-refractivity contribution >= 4 is 28.7 Å². The van der Waals surface area contributed by atoms with Gasteiger partial charge in [-0.05, 0) is 37.9 Å². The molecule has 1 aromatic rings. The topological polar surface area (TPSA) is 29.1 Å². The van der Waals surface area contributed by atoms with Crippen molar-refractivity contribution in [1.29, 1.82) is 0 Å². The number of nitrogens with one attached hydrogen (secondary N) is 1. The van der Waals surface area contributed by atoms with Crippen molar-refractivity contribution in [3.05, 3.63) is 21.3 Å². The second kappa shape index (κ2) is 4.86. The number of Topliss-reactive ketones (excluding diaryl/α,β-unsaturated/α-hetero) is 1. The Labute approximate surface area is 105 Å². The van der Waals surface area contributed by atoms with Crippen LogP contribution in [-0.4, -0.2) is 17.9 Å². The van der Waals surface area contributed by atoms with E-state index in [0.29, 0.717) is 4.34 Å². The molecule has 0 spiro atoms. The molecule has 16 heavy (non-hydrogen) atoms. The first kappa shape index (κ1) is 12.1. The Morgan fingerprint density at radius 2 is 2.44 bits per heavy atom. The maximum absolute atomic E-state index is 12.5. The quantitative estimate of drug-likeness (QED) is 0.837. The van der Waals surface area contributed by atoms with Crippen molar-refractivity contribution in [2.24, 2.45) is 0 Å². The average Bonchev–Trinajstić information content (AvgIpc) is 2.87. The summed E-state index contributed by atoms with van der Waals surface area (Å²) in [6.07, 6.45) is 3.99. The fraction of sp³-hybridized carbons (Fsp3) is 0.583. The summed E-state index contributed by atoms with van der Waals surface area (Å²) in [5, 5.41) is 3.39. The highest BCUT2D eigenvalue weighted by molar-refractivity contribution is 7.18. The van der Waals surface area contributed by atoms with E-state index < -0.39 is 0 Å². The smallest absolute Gasteiger partial charge is 0.192 e. The molecule has 1 atom stereocenters. The Kier molecular flexibility index (Phi) is 3.67. The van der Waals surface area contributed by atoms with Crippen molar-refractivity contribution < 1.29 is 4.79 Å². The van der Waals surface area contributed by atoms with Crippen LogP contribution < -0.4 is 5.32 Å². The van der Waals surface area contributed by atoms with Crippen molar-refractivity contribution in [3.8, 4) is 0 Å².